The Bertz CT molecular complexity index is 1180. The average Bonchev–Trinajstić information content (AvgIpc) is 2.89. The number of nitrogens with one attached hydrogen (secondary N) is 1. The van der Waals surface area contributed by atoms with E-state index in [0.29, 0.717) is 43.9 Å². The maximum Gasteiger partial charge on any atom is 0.410 e. The molecule has 36 heavy (non-hydrogen) atoms. The molecule has 0 bridgehead atoms. The van der Waals surface area contributed by atoms with Crippen LogP contribution in [-0.4, -0.2) is 88.8 Å². The van der Waals surface area contributed by atoms with Gasteiger partial charge in [0.25, 0.3) is 0 Å². The molecule has 0 aliphatic carbocycles. The number of quaternary nitrogens is 1. The normalized spacial score (nSPS) is 23.4. The summed E-state index contributed by atoms with van der Waals surface area (Å²) in [6.07, 6.45) is 2.17. The van der Waals surface area contributed by atoms with Crippen molar-refractivity contribution in [1.82, 2.24) is 10.2 Å². The van der Waals surface area contributed by atoms with Crippen LogP contribution in [0.25, 0.3) is 10.8 Å². The number of anilines is 1. The van der Waals surface area contributed by atoms with Crippen molar-refractivity contribution in [3.8, 4) is 0 Å². The number of hydrogen-bond acceptors (Lipinski definition) is 6. The molecule has 0 radical (unpaired) electrons. The van der Waals surface area contributed by atoms with Gasteiger partial charge >= 0.3 is 16.1 Å². The van der Waals surface area contributed by atoms with Crippen LogP contribution in [0, 0.1) is 0 Å². The van der Waals surface area contributed by atoms with E-state index in [2.05, 4.69) is 5.32 Å². The number of benzene rings is 2. The Morgan fingerprint density at radius 2 is 1.69 bits per heavy atom. The van der Waals surface area contributed by atoms with Gasteiger partial charge in [-0.05, 0) is 32.4 Å². The highest BCUT2D eigenvalue weighted by Gasteiger charge is 2.53. The lowest BCUT2D eigenvalue weighted by Crippen LogP contribution is -2.66. The third kappa shape index (κ3) is 4.80. The Kier molecular flexibility index (Phi) is 8.12. The van der Waals surface area contributed by atoms with Gasteiger partial charge in [0.2, 0.25) is 0 Å². The first-order chi connectivity index (χ1) is 17.2. The van der Waals surface area contributed by atoms with E-state index in [0.717, 1.165) is 42.4 Å². The molecule has 2 aromatic carbocycles. The summed E-state index contributed by atoms with van der Waals surface area (Å²) in [6, 6.07) is 11.4. The molecule has 0 spiro atoms. The Labute approximate surface area is 215 Å². The van der Waals surface area contributed by atoms with E-state index in [1.54, 1.807) is 11.0 Å². The van der Waals surface area contributed by atoms with Crippen LogP contribution in [0.3, 0.4) is 0 Å². The summed E-state index contributed by atoms with van der Waals surface area (Å²) < 4.78 is 35.4. The molecular formula is C27H41N4O4S+. The summed E-state index contributed by atoms with van der Waals surface area (Å²) >= 11 is 0. The molecule has 1 N–H and O–H groups in total. The van der Waals surface area contributed by atoms with Gasteiger partial charge in [-0.15, -0.1) is 0 Å². The summed E-state index contributed by atoms with van der Waals surface area (Å²) in [7, 11) is 0.135. The molecule has 8 nitrogen and oxygen atoms in total. The zero-order chi connectivity index (χ0) is 25.9. The van der Waals surface area contributed by atoms with Crippen molar-refractivity contribution in [3.63, 3.8) is 0 Å². The van der Waals surface area contributed by atoms with Crippen LogP contribution in [-0.2, 0) is 14.8 Å². The van der Waals surface area contributed by atoms with Crippen molar-refractivity contribution < 1.29 is 21.8 Å². The lowest BCUT2D eigenvalue weighted by Gasteiger charge is -2.48. The number of ether oxygens (including phenoxy) is 1. The summed E-state index contributed by atoms with van der Waals surface area (Å²) in [5.41, 5.74) is 0.989. The van der Waals surface area contributed by atoms with Crippen LogP contribution < -0.4 is 10.2 Å². The van der Waals surface area contributed by atoms with Gasteiger partial charge < -0.3 is 19.9 Å². The molecule has 2 aliphatic heterocycles. The molecule has 198 valence electrons. The fourth-order valence-electron chi connectivity index (χ4n) is 6.01. The summed E-state index contributed by atoms with van der Waals surface area (Å²) in [6.45, 7) is 7.41. The van der Waals surface area contributed by atoms with E-state index in [1.807, 2.05) is 63.2 Å². The molecule has 2 unspecified atom stereocenters. The van der Waals surface area contributed by atoms with Crippen LogP contribution in [0.5, 0.6) is 0 Å². The van der Waals surface area contributed by atoms with Crippen molar-refractivity contribution in [1.29, 1.82) is 0 Å². The van der Waals surface area contributed by atoms with Crippen LogP contribution >= 0.6 is 0 Å². The Hall–Kier alpha value is -2.36. The minimum Gasteiger partial charge on any atom is -0.440 e. The van der Waals surface area contributed by atoms with E-state index in [4.69, 9.17) is 4.74 Å². The monoisotopic (exact) mass is 517 g/mol. The molecule has 1 amide bonds. The smallest absolute Gasteiger partial charge is 0.410 e. The third-order valence-electron chi connectivity index (χ3n) is 7.94. The molecule has 2 heterocycles. The van der Waals surface area contributed by atoms with Gasteiger partial charge in [0.05, 0.1) is 6.54 Å². The Balaban J connectivity index is 1.79. The summed E-state index contributed by atoms with van der Waals surface area (Å²) in [4.78, 5) is 16.8. The van der Waals surface area contributed by atoms with Crippen LogP contribution in [0.4, 0.5) is 10.5 Å². The van der Waals surface area contributed by atoms with Crippen molar-refractivity contribution >= 4 is 32.6 Å². The lowest BCUT2D eigenvalue weighted by atomic mass is 9.99. The summed E-state index contributed by atoms with van der Waals surface area (Å²) in [5, 5.41) is 5.06. The zero-order valence-corrected chi connectivity index (χ0v) is 22.9. The highest BCUT2D eigenvalue weighted by atomic mass is 32.2. The highest BCUT2D eigenvalue weighted by molar-refractivity contribution is 7.86. The van der Waals surface area contributed by atoms with E-state index in [1.165, 1.54) is 0 Å². The van der Waals surface area contributed by atoms with Crippen molar-refractivity contribution in [3.05, 3.63) is 36.4 Å². The molecule has 2 fully saturated rings. The van der Waals surface area contributed by atoms with Crippen LogP contribution in [0.1, 0.15) is 39.5 Å². The van der Waals surface area contributed by atoms with Gasteiger partial charge in [-0.25, -0.2) is 8.68 Å². The molecule has 9 heteroatoms. The van der Waals surface area contributed by atoms with E-state index < -0.39 is 16.1 Å². The Morgan fingerprint density at radius 1 is 1.03 bits per heavy atom. The van der Waals surface area contributed by atoms with E-state index in [-0.39, 0.29) is 16.0 Å². The number of likely N-dealkylation sites (tertiary alicyclic amines) is 1. The average molecular weight is 518 g/mol. The minimum atomic E-state index is -3.81. The van der Waals surface area contributed by atoms with Gasteiger partial charge in [0.1, 0.15) is 17.5 Å². The number of carbonyl (C=O) groups excluding carboxylic acids is 1. The maximum atomic E-state index is 14.8. The second-order valence-corrected chi connectivity index (χ2v) is 12.3. The predicted octanol–water partition coefficient (Wildman–Crippen LogP) is 3.80. The van der Waals surface area contributed by atoms with Gasteiger partial charge in [-0.1, -0.05) is 24.3 Å². The first-order valence-electron chi connectivity index (χ1n) is 13.2. The van der Waals surface area contributed by atoms with Crippen LogP contribution in [0.2, 0.25) is 0 Å². The molecule has 0 saturated carbocycles. The largest absolute Gasteiger partial charge is 0.440 e. The number of nitrogens with zero attached hydrogens (tertiary/aromatic N) is 3. The highest BCUT2D eigenvalue weighted by Crippen LogP contribution is 2.40. The second kappa shape index (κ2) is 10.9. The van der Waals surface area contributed by atoms with E-state index in [9.17, 15) is 13.2 Å². The maximum absolute atomic E-state index is 14.8. The quantitative estimate of drug-likeness (QED) is 0.563. The zero-order valence-electron chi connectivity index (χ0n) is 22.1. The number of carbonyl (C=O) groups is 1. The van der Waals surface area contributed by atoms with Gasteiger partial charge in [-0.3, -0.25) is 0 Å². The number of piperidine rings is 2. The fourth-order valence-corrected chi connectivity index (χ4v) is 8.44. The van der Waals surface area contributed by atoms with Crippen molar-refractivity contribution in [2.45, 2.75) is 56.6 Å². The SMILES string of the molecule is CCN(CC)C(=O)OC1CCC[N+](C2CCNCC2)(S(=O)(=O)c2cccc3c(N(C)C)cccc23)C1. The number of amides is 1. The van der Waals surface area contributed by atoms with Gasteiger partial charge in [0.15, 0.2) is 6.10 Å². The van der Waals surface area contributed by atoms with E-state index >= 15 is 0 Å². The first-order valence-corrected chi connectivity index (χ1v) is 14.7. The number of sulfonamides is 1. The van der Waals surface area contributed by atoms with Crippen molar-refractivity contribution in [2.24, 2.45) is 0 Å². The summed E-state index contributed by atoms with van der Waals surface area (Å²) in [5.74, 6) is 0. The third-order valence-corrected chi connectivity index (χ3v) is 10.4. The Morgan fingerprint density at radius 3 is 2.36 bits per heavy atom. The fraction of sp³-hybridized carbons (Fsp3) is 0.593. The predicted molar refractivity (Wildman–Crippen MR) is 144 cm³/mol. The molecule has 2 saturated heterocycles. The topological polar surface area (TPSA) is 79.0 Å². The van der Waals surface area contributed by atoms with Gasteiger partial charge in [0, 0.05) is 76.0 Å². The van der Waals surface area contributed by atoms with Crippen molar-refractivity contribution in [2.75, 3.05) is 58.3 Å². The number of fused-ring (bicyclic) bond motifs is 1. The minimum absolute atomic E-state index is 0.0431. The standard InChI is InChI=1S/C27H41N4O4S/c1-5-30(6-2)27(32)35-22-10-9-19-31(20-22,21-15-17-28-18-16-21)36(33,34)26-14-8-11-23-24(26)12-7-13-25(23)29(3)4/h7-8,11-14,21-22,28H,5-6,9-10,15-20H2,1-4H3/q+1. The molecular weight excluding hydrogens is 476 g/mol. The molecule has 2 aromatic rings. The molecule has 2 atom stereocenters. The number of hydrogen-bond donors (Lipinski definition) is 1. The molecule has 2 aliphatic rings. The first kappa shape index (κ1) is 26.7. The second-order valence-electron chi connectivity index (χ2n) is 10.2. The lowest BCUT2D eigenvalue weighted by molar-refractivity contribution is -0.843. The van der Waals surface area contributed by atoms with Gasteiger partial charge in [-0.2, -0.15) is 8.42 Å². The molecule has 4 rings (SSSR count). The number of rotatable bonds is 7. The molecule has 0 aromatic heterocycles. The van der Waals surface area contributed by atoms with Crippen LogP contribution in [0.15, 0.2) is 41.3 Å².